The number of urea groups is 1. The Balaban J connectivity index is 1.36. The van der Waals surface area contributed by atoms with Crippen LogP contribution in [0.4, 0.5) is 4.79 Å². The van der Waals surface area contributed by atoms with Gasteiger partial charge >= 0.3 is 6.03 Å². The van der Waals surface area contributed by atoms with Crippen molar-refractivity contribution in [2.45, 2.75) is 12.1 Å². The number of carbonyl (C=O) groups excluding carboxylic acids is 3. The molecule has 11 nitrogen and oxygen atoms in total. The molecule has 3 aliphatic heterocycles. The number of fused-ring (bicyclic) bond motifs is 1. The average Bonchev–Trinajstić information content (AvgIpc) is 3.36. The van der Waals surface area contributed by atoms with Crippen molar-refractivity contribution in [3.05, 3.63) is 58.9 Å². The van der Waals surface area contributed by atoms with Crippen molar-refractivity contribution < 1.29 is 19.1 Å². The molecule has 2 fully saturated rings. The summed E-state index contributed by atoms with van der Waals surface area (Å²) in [6.45, 7) is 3.29. The molecule has 4 heterocycles. The van der Waals surface area contributed by atoms with Crippen molar-refractivity contribution >= 4 is 23.7 Å². The number of methoxy groups -OCH3 is 1. The summed E-state index contributed by atoms with van der Waals surface area (Å²) in [6, 6.07) is 8.00. The first-order valence-electron chi connectivity index (χ1n) is 11.5. The summed E-state index contributed by atoms with van der Waals surface area (Å²) in [4.78, 5) is 45.7. The second-order valence-electron chi connectivity index (χ2n) is 8.77. The number of rotatable bonds is 4. The van der Waals surface area contributed by atoms with Gasteiger partial charge in [-0.25, -0.2) is 4.79 Å². The number of amides is 4. The zero-order valence-electron chi connectivity index (χ0n) is 19.7. The molecular weight excluding hydrogens is 462 g/mol. The topological polar surface area (TPSA) is 140 Å². The van der Waals surface area contributed by atoms with Gasteiger partial charge in [0.05, 0.1) is 13.7 Å². The minimum absolute atomic E-state index is 0.118. The first-order chi connectivity index (χ1) is 17.4. The molecule has 0 unspecified atom stereocenters. The van der Waals surface area contributed by atoms with Crippen molar-refractivity contribution in [3.8, 4) is 17.6 Å². The summed E-state index contributed by atoms with van der Waals surface area (Å²) in [5.74, 6) is 5.81. The molecule has 3 aliphatic rings. The van der Waals surface area contributed by atoms with Crippen LogP contribution in [0.1, 0.15) is 27.2 Å². The zero-order chi connectivity index (χ0) is 25.3. The molecule has 0 aliphatic carbocycles. The fraction of sp³-hybridized carbons (Fsp3) is 0.320. The van der Waals surface area contributed by atoms with Gasteiger partial charge in [0.25, 0.3) is 11.8 Å². The van der Waals surface area contributed by atoms with Crippen LogP contribution in [0.25, 0.3) is 0 Å². The predicted octanol–water partition coefficient (Wildman–Crippen LogP) is -0.0935. The molecule has 0 spiro atoms. The predicted molar refractivity (Wildman–Crippen MR) is 130 cm³/mol. The third kappa shape index (κ3) is 4.34. The third-order valence-corrected chi connectivity index (χ3v) is 6.43. The number of amidine groups is 1. The summed E-state index contributed by atoms with van der Waals surface area (Å²) in [6.07, 6.45) is 1.53. The van der Waals surface area contributed by atoms with Crippen LogP contribution in [0.5, 0.6) is 5.75 Å². The molecule has 184 valence electrons. The van der Waals surface area contributed by atoms with E-state index in [0.717, 1.165) is 31.7 Å². The van der Waals surface area contributed by atoms with Crippen molar-refractivity contribution in [1.82, 2.24) is 30.7 Å². The van der Waals surface area contributed by atoms with Crippen LogP contribution in [0.2, 0.25) is 0 Å². The lowest BCUT2D eigenvalue weighted by Crippen LogP contribution is -2.54. The van der Waals surface area contributed by atoms with Gasteiger partial charge in [0.2, 0.25) is 5.54 Å². The van der Waals surface area contributed by atoms with Gasteiger partial charge in [0, 0.05) is 50.0 Å². The minimum atomic E-state index is -1.61. The SMILES string of the molecule is COc1ccc2c(c1)C(=O)N(C[C@@]1(C#Cc3ccc(C(=N)N4CCNCC4)nc3)NC(=O)NC1=O)C2. The number of carbonyl (C=O) groups is 3. The maximum absolute atomic E-state index is 13.0. The highest BCUT2D eigenvalue weighted by Gasteiger charge is 2.48. The van der Waals surface area contributed by atoms with E-state index in [-0.39, 0.29) is 19.0 Å². The van der Waals surface area contributed by atoms with Crippen LogP contribution in [-0.4, -0.2) is 83.8 Å². The highest BCUT2D eigenvalue weighted by Crippen LogP contribution is 2.28. The molecule has 4 amide bonds. The Labute approximate surface area is 207 Å². The molecule has 1 aromatic heterocycles. The highest BCUT2D eigenvalue weighted by atomic mass is 16.5. The normalized spacial score (nSPS) is 20.9. The quantitative estimate of drug-likeness (QED) is 0.204. The number of hydrogen-bond donors (Lipinski definition) is 4. The van der Waals surface area contributed by atoms with Gasteiger partial charge in [0.15, 0.2) is 0 Å². The molecular formula is C25H25N7O4. The second kappa shape index (κ2) is 9.31. The Kier molecular flexibility index (Phi) is 6.03. The van der Waals surface area contributed by atoms with E-state index in [1.54, 1.807) is 24.3 Å². The van der Waals surface area contributed by atoms with Gasteiger partial charge in [-0.15, -0.1) is 0 Å². The Morgan fingerprint density at radius 3 is 2.67 bits per heavy atom. The van der Waals surface area contributed by atoms with E-state index in [4.69, 9.17) is 10.1 Å². The second-order valence-corrected chi connectivity index (χ2v) is 8.77. The number of imide groups is 1. The number of aromatic nitrogens is 1. The Morgan fingerprint density at radius 2 is 2.00 bits per heavy atom. The smallest absolute Gasteiger partial charge is 0.323 e. The van der Waals surface area contributed by atoms with Crippen LogP contribution in [0.3, 0.4) is 0 Å². The molecule has 1 atom stereocenters. The van der Waals surface area contributed by atoms with Gasteiger partial charge in [-0.3, -0.25) is 25.3 Å². The number of nitrogens with zero attached hydrogens (tertiary/aromatic N) is 3. The molecule has 5 rings (SSSR count). The largest absolute Gasteiger partial charge is 0.497 e. The monoisotopic (exact) mass is 487 g/mol. The van der Waals surface area contributed by atoms with E-state index in [2.05, 4.69) is 32.8 Å². The minimum Gasteiger partial charge on any atom is -0.497 e. The van der Waals surface area contributed by atoms with Gasteiger partial charge in [-0.1, -0.05) is 17.9 Å². The molecule has 0 radical (unpaired) electrons. The lowest BCUT2D eigenvalue weighted by molar-refractivity contribution is -0.122. The van der Waals surface area contributed by atoms with E-state index >= 15 is 0 Å². The number of piperazine rings is 1. The van der Waals surface area contributed by atoms with Gasteiger partial charge in [-0.05, 0) is 29.8 Å². The van der Waals surface area contributed by atoms with Crippen molar-refractivity contribution in [1.29, 1.82) is 5.41 Å². The van der Waals surface area contributed by atoms with Crippen molar-refractivity contribution in [2.75, 3.05) is 39.8 Å². The van der Waals surface area contributed by atoms with E-state index in [0.29, 0.717) is 28.4 Å². The van der Waals surface area contributed by atoms with Gasteiger partial charge < -0.3 is 25.2 Å². The fourth-order valence-corrected chi connectivity index (χ4v) is 4.45. The lowest BCUT2D eigenvalue weighted by Gasteiger charge is -2.29. The highest BCUT2D eigenvalue weighted by molar-refractivity contribution is 6.10. The molecule has 1 aromatic carbocycles. The summed E-state index contributed by atoms with van der Waals surface area (Å²) in [5.41, 5.74) is 0.737. The summed E-state index contributed by atoms with van der Waals surface area (Å²) in [5, 5.41) is 16.5. The van der Waals surface area contributed by atoms with Crippen LogP contribution < -0.4 is 20.7 Å². The fourth-order valence-electron chi connectivity index (χ4n) is 4.45. The summed E-state index contributed by atoms with van der Waals surface area (Å²) in [7, 11) is 1.53. The number of pyridine rings is 1. The van der Waals surface area contributed by atoms with E-state index in [9.17, 15) is 14.4 Å². The Morgan fingerprint density at radius 1 is 1.19 bits per heavy atom. The first-order valence-corrected chi connectivity index (χ1v) is 11.5. The Hall–Kier alpha value is -4.43. The lowest BCUT2D eigenvalue weighted by atomic mass is 9.99. The van der Waals surface area contributed by atoms with Crippen LogP contribution in [0, 0.1) is 17.3 Å². The van der Waals surface area contributed by atoms with Gasteiger partial charge in [-0.2, -0.15) is 0 Å². The number of nitrogens with one attached hydrogen (secondary N) is 4. The number of ether oxygens (including phenoxy) is 1. The van der Waals surface area contributed by atoms with E-state index in [1.165, 1.54) is 18.2 Å². The maximum atomic E-state index is 13.0. The van der Waals surface area contributed by atoms with Crippen LogP contribution >= 0.6 is 0 Å². The van der Waals surface area contributed by atoms with E-state index < -0.39 is 17.5 Å². The Bertz CT molecular complexity index is 1310. The molecule has 11 heteroatoms. The molecule has 4 N–H and O–H groups in total. The summed E-state index contributed by atoms with van der Waals surface area (Å²) < 4.78 is 5.21. The van der Waals surface area contributed by atoms with Crippen molar-refractivity contribution in [3.63, 3.8) is 0 Å². The standard InChI is InChI=1S/C25H25N7O4/c1-36-18-4-3-17-14-32(22(33)19(17)12-18)15-25(23(34)29-24(35)30-25)7-6-16-2-5-20(28-13-16)21(26)31-10-8-27-9-11-31/h2-5,12-13,26-27H,8-11,14-15H2,1H3,(H2,29,30,34,35)/t25-/m1/s1. The molecule has 2 saturated heterocycles. The number of benzene rings is 1. The summed E-state index contributed by atoms with van der Waals surface area (Å²) >= 11 is 0. The third-order valence-electron chi connectivity index (χ3n) is 6.43. The van der Waals surface area contributed by atoms with Gasteiger partial charge in [0.1, 0.15) is 17.3 Å². The van der Waals surface area contributed by atoms with Crippen molar-refractivity contribution in [2.24, 2.45) is 0 Å². The molecule has 0 bridgehead atoms. The zero-order valence-corrected chi connectivity index (χ0v) is 19.7. The molecule has 0 saturated carbocycles. The first kappa shape index (κ1) is 23.3. The van der Waals surface area contributed by atoms with Crippen LogP contribution in [-0.2, 0) is 11.3 Å². The molecule has 2 aromatic rings. The maximum Gasteiger partial charge on any atom is 0.323 e. The van der Waals surface area contributed by atoms with E-state index in [1.807, 2.05) is 11.0 Å². The average molecular weight is 488 g/mol. The molecule has 36 heavy (non-hydrogen) atoms. The number of hydrogen-bond acceptors (Lipinski definition) is 7. The van der Waals surface area contributed by atoms with Crippen LogP contribution in [0.15, 0.2) is 36.5 Å².